The van der Waals surface area contributed by atoms with Crippen LogP contribution in [-0.4, -0.2) is 13.6 Å². The number of rotatable bonds is 5. The Morgan fingerprint density at radius 3 is 2.58 bits per heavy atom. The third-order valence-electron chi connectivity index (χ3n) is 1.83. The summed E-state index contributed by atoms with van der Waals surface area (Å²) in [6.45, 7) is 8.93. The minimum Gasteiger partial charge on any atom is -0.316 e. The highest BCUT2D eigenvalue weighted by molar-refractivity contribution is 5.30. The second kappa shape index (κ2) is 6.86. The SMILES string of the molecule is C=C/C(C)=C(\C=C/CNC)CC. The number of nitrogens with one attached hydrogen (secondary N) is 1. The monoisotopic (exact) mass is 165 g/mol. The second-order valence-corrected chi connectivity index (χ2v) is 2.73. The first-order valence-electron chi connectivity index (χ1n) is 4.39. The van der Waals surface area contributed by atoms with E-state index >= 15 is 0 Å². The summed E-state index contributed by atoms with van der Waals surface area (Å²) in [4.78, 5) is 0. The minimum atomic E-state index is 0.925. The van der Waals surface area contributed by atoms with E-state index in [2.05, 4.69) is 37.9 Å². The molecular weight excluding hydrogens is 146 g/mol. The van der Waals surface area contributed by atoms with Crippen molar-refractivity contribution in [2.24, 2.45) is 0 Å². The molecule has 0 aliphatic carbocycles. The van der Waals surface area contributed by atoms with Gasteiger partial charge in [-0.25, -0.2) is 0 Å². The van der Waals surface area contributed by atoms with Crippen LogP contribution >= 0.6 is 0 Å². The van der Waals surface area contributed by atoms with Gasteiger partial charge in [-0.05, 0) is 31.5 Å². The quantitative estimate of drug-likeness (QED) is 0.618. The molecule has 1 N–H and O–H groups in total. The van der Waals surface area contributed by atoms with Crippen molar-refractivity contribution >= 4 is 0 Å². The van der Waals surface area contributed by atoms with Gasteiger partial charge in [0.1, 0.15) is 0 Å². The van der Waals surface area contributed by atoms with Crippen LogP contribution in [0.2, 0.25) is 0 Å². The molecule has 0 rings (SSSR count). The van der Waals surface area contributed by atoms with Gasteiger partial charge >= 0.3 is 0 Å². The highest BCUT2D eigenvalue weighted by Crippen LogP contribution is 2.10. The molecule has 1 nitrogen and oxygen atoms in total. The minimum absolute atomic E-state index is 0.925. The van der Waals surface area contributed by atoms with E-state index in [1.807, 2.05) is 13.1 Å². The number of hydrogen-bond donors (Lipinski definition) is 1. The average molecular weight is 165 g/mol. The Hall–Kier alpha value is -0.820. The summed E-state index contributed by atoms with van der Waals surface area (Å²) in [5.41, 5.74) is 2.63. The Morgan fingerprint density at radius 1 is 1.50 bits per heavy atom. The molecule has 0 bridgehead atoms. The van der Waals surface area contributed by atoms with Crippen molar-refractivity contribution < 1.29 is 0 Å². The third kappa shape index (κ3) is 4.14. The molecule has 68 valence electrons. The lowest BCUT2D eigenvalue weighted by Crippen LogP contribution is -2.03. The standard InChI is InChI=1S/C11H19N/c1-5-10(3)11(6-2)8-7-9-12-4/h5,7-8,12H,1,6,9H2,2-4H3/b8-7-,11-10-. The smallest absolute Gasteiger partial charge is 0.0135 e. The fraction of sp³-hybridized carbons (Fsp3) is 0.455. The van der Waals surface area contributed by atoms with Crippen LogP contribution < -0.4 is 5.32 Å². The summed E-state index contributed by atoms with van der Waals surface area (Å²) < 4.78 is 0. The molecule has 0 aromatic carbocycles. The maximum atomic E-state index is 3.75. The van der Waals surface area contributed by atoms with E-state index in [9.17, 15) is 0 Å². The average Bonchev–Trinajstić information content (AvgIpc) is 2.11. The number of hydrogen-bond acceptors (Lipinski definition) is 1. The van der Waals surface area contributed by atoms with Gasteiger partial charge in [-0.1, -0.05) is 31.7 Å². The lowest BCUT2D eigenvalue weighted by atomic mass is 10.1. The van der Waals surface area contributed by atoms with E-state index < -0.39 is 0 Å². The van der Waals surface area contributed by atoms with Gasteiger partial charge in [0.25, 0.3) is 0 Å². The Bertz CT molecular complexity index is 187. The first-order valence-corrected chi connectivity index (χ1v) is 4.39. The van der Waals surface area contributed by atoms with E-state index in [0.717, 1.165) is 13.0 Å². The predicted molar refractivity (Wildman–Crippen MR) is 56.3 cm³/mol. The van der Waals surface area contributed by atoms with Gasteiger partial charge in [0, 0.05) is 6.54 Å². The predicted octanol–water partition coefficient (Wildman–Crippen LogP) is 2.67. The zero-order valence-corrected chi connectivity index (χ0v) is 8.35. The van der Waals surface area contributed by atoms with E-state index in [-0.39, 0.29) is 0 Å². The van der Waals surface area contributed by atoms with E-state index in [4.69, 9.17) is 0 Å². The Kier molecular flexibility index (Phi) is 6.39. The highest BCUT2D eigenvalue weighted by Gasteiger charge is 1.90. The zero-order chi connectivity index (χ0) is 9.40. The summed E-state index contributed by atoms with van der Waals surface area (Å²) in [6.07, 6.45) is 7.26. The van der Waals surface area contributed by atoms with Gasteiger partial charge in [-0.15, -0.1) is 0 Å². The normalized spacial score (nSPS) is 13.2. The van der Waals surface area contributed by atoms with Gasteiger partial charge in [0.2, 0.25) is 0 Å². The molecule has 0 aromatic rings. The third-order valence-corrected chi connectivity index (χ3v) is 1.83. The Balaban J connectivity index is 4.26. The van der Waals surface area contributed by atoms with Crippen molar-refractivity contribution in [2.75, 3.05) is 13.6 Å². The van der Waals surface area contributed by atoms with Crippen molar-refractivity contribution in [3.05, 3.63) is 36.0 Å². The molecule has 0 spiro atoms. The summed E-state index contributed by atoms with van der Waals surface area (Å²) >= 11 is 0. The highest BCUT2D eigenvalue weighted by atomic mass is 14.8. The zero-order valence-electron chi connectivity index (χ0n) is 8.35. The van der Waals surface area contributed by atoms with Crippen molar-refractivity contribution in [2.45, 2.75) is 20.3 Å². The van der Waals surface area contributed by atoms with Crippen molar-refractivity contribution in [3.8, 4) is 0 Å². The molecule has 0 heterocycles. The number of likely N-dealkylation sites (N-methyl/N-ethyl adjacent to an activating group) is 1. The summed E-state index contributed by atoms with van der Waals surface area (Å²) in [5.74, 6) is 0. The van der Waals surface area contributed by atoms with E-state index in [1.165, 1.54) is 11.1 Å². The Labute approximate surface area is 75.9 Å². The molecule has 0 saturated heterocycles. The second-order valence-electron chi connectivity index (χ2n) is 2.73. The van der Waals surface area contributed by atoms with Crippen molar-refractivity contribution in [3.63, 3.8) is 0 Å². The number of allylic oxidation sites excluding steroid dienone is 4. The van der Waals surface area contributed by atoms with Crippen LogP contribution in [0.3, 0.4) is 0 Å². The molecule has 0 aromatic heterocycles. The topological polar surface area (TPSA) is 12.0 Å². The van der Waals surface area contributed by atoms with E-state index in [1.54, 1.807) is 0 Å². The van der Waals surface area contributed by atoms with Crippen LogP contribution in [0.4, 0.5) is 0 Å². The van der Waals surface area contributed by atoms with Gasteiger partial charge < -0.3 is 5.32 Å². The summed E-state index contributed by atoms with van der Waals surface area (Å²) in [6, 6.07) is 0. The molecule has 0 unspecified atom stereocenters. The van der Waals surface area contributed by atoms with Gasteiger partial charge in [0.05, 0.1) is 0 Å². The molecule has 0 fully saturated rings. The van der Waals surface area contributed by atoms with E-state index in [0.29, 0.717) is 0 Å². The molecule has 1 heteroatoms. The van der Waals surface area contributed by atoms with Crippen LogP contribution in [-0.2, 0) is 0 Å². The fourth-order valence-electron chi connectivity index (χ4n) is 0.978. The molecule has 0 aliphatic heterocycles. The van der Waals surface area contributed by atoms with Crippen molar-refractivity contribution in [1.82, 2.24) is 5.32 Å². The summed E-state index contributed by atoms with van der Waals surface area (Å²) in [7, 11) is 1.94. The van der Waals surface area contributed by atoms with Crippen molar-refractivity contribution in [1.29, 1.82) is 0 Å². The van der Waals surface area contributed by atoms with Gasteiger partial charge in [-0.3, -0.25) is 0 Å². The maximum absolute atomic E-state index is 3.75. The molecule has 0 aliphatic rings. The van der Waals surface area contributed by atoms with Crippen LogP contribution in [0.1, 0.15) is 20.3 Å². The fourth-order valence-corrected chi connectivity index (χ4v) is 0.978. The largest absolute Gasteiger partial charge is 0.316 e. The maximum Gasteiger partial charge on any atom is 0.0135 e. The molecule has 12 heavy (non-hydrogen) atoms. The van der Waals surface area contributed by atoms with Crippen LogP contribution in [0.5, 0.6) is 0 Å². The molecule has 0 amide bonds. The lowest BCUT2D eigenvalue weighted by Gasteiger charge is -2.00. The molecular formula is C11H19N. The summed E-state index contributed by atoms with van der Waals surface area (Å²) in [5, 5.41) is 3.07. The first-order chi connectivity index (χ1) is 5.76. The molecule has 0 saturated carbocycles. The first kappa shape index (κ1) is 11.2. The van der Waals surface area contributed by atoms with Gasteiger partial charge in [0.15, 0.2) is 0 Å². The van der Waals surface area contributed by atoms with Crippen LogP contribution in [0, 0.1) is 0 Å². The Morgan fingerprint density at radius 2 is 2.17 bits per heavy atom. The molecule has 0 radical (unpaired) electrons. The lowest BCUT2D eigenvalue weighted by molar-refractivity contribution is 0.917. The van der Waals surface area contributed by atoms with Crippen LogP contribution in [0.15, 0.2) is 36.0 Å². The van der Waals surface area contributed by atoms with Crippen LogP contribution in [0.25, 0.3) is 0 Å². The molecule has 0 atom stereocenters. The van der Waals surface area contributed by atoms with Gasteiger partial charge in [-0.2, -0.15) is 0 Å².